The van der Waals surface area contributed by atoms with Crippen LogP contribution in [0.4, 0.5) is 0 Å². The number of hydrogen-bond donors (Lipinski definition) is 0. The molecule has 0 aromatic heterocycles. The summed E-state index contributed by atoms with van der Waals surface area (Å²) in [6, 6.07) is 9.58. The fraction of sp³-hybridized carbons (Fsp3) is 0.312. The van der Waals surface area contributed by atoms with Crippen molar-refractivity contribution in [3.63, 3.8) is 0 Å². The van der Waals surface area contributed by atoms with Gasteiger partial charge in [0.2, 0.25) is 0 Å². The van der Waals surface area contributed by atoms with Crippen LogP contribution in [0.2, 0.25) is 0 Å². The Kier molecular flexibility index (Phi) is 7.10. The lowest BCUT2D eigenvalue weighted by molar-refractivity contribution is -0.139. The van der Waals surface area contributed by atoms with Crippen molar-refractivity contribution in [1.29, 1.82) is 0 Å². The van der Waals surface area contributed by atoms with Gasteiger partial charge in [0.15, 0.2) is 0 Å². The normalized spacial score (nSPS) is 11.6. The molecule has 3 nitrogen and oxygen atoms in total. The molecule has 0 bridgehead atoms. The van der Waals surface area contributed by atoms with E-state index in [0.29, 0.717) is 5.76 Å². The second-order valence-corrected chi connectivity index (χ2v) is 4.03. The summed E-state index contributed by atoms with van der Waals surface area (Å²) in [6.07, 6.45) is 6.92. The zero-order valence-electron chi connectivity index (χ0n) is 11.5. The standard InChI is InChI=1S/C16H20O3/c1-3-4-10-15(18-2)11-12-16(17)19-13-14-8-6-5-7-9-14/h5-12H,3-4,13H2,1-2H3/b12-11-,15-10-. The summed E-state index contributed by atoms with van der Waals surface area (Å²) < 4.78 is 10.3. The third kappa shape index (κ3) is 6.46. The van der Waals surface area contributed by atoms with Gasteiger partial charge in [-0.1, -0.05) is 43.7 Å². The van der Waals surface area contributed by atoms with Crippen LogP contribution in [0.3, 0.4) is 0 Å². The Morgan fingerprint density at radius 2 is 1.95 bits per heavy atom. The zero-order chi connectivity index (χ0) is 13.9. The minimum absolute atomic E-state index is 0.283. The molecule has 1 aromatic carbocycles. The maximum atomic E-state index is 11.5. The number of rotatable bonds is 7. The molecule has 1 rings (SSSR count). The van der Waals surface area contributed by atoms with Crippen LogP contribution in [0, 0.1) is 0 Å². The van der Waals surface area contributed by atoms with E-state index in [1.54, 1.807) is 13.2 Å². The maximum absolute atomic E-state index is 11.5. The first-order valence-corrected chi connectivity index (χ1v) is 6.39. The van der Waals surface area contributed by atoms with Gasteiger partial charge in [0, 0.05) is 6.08 Å². The van der Waals surface area contributed by atoms with Crippen LogP contribution in [-0.4, -0.2) is 13.1 Å². The summed E-state index contributed by atoms with van der Waals surface area (Å²) in [5.41, 5.74) is 0.970. The minimum atomic E-state index is -0.372. The van der Waals surface area contributed by atoms with Gasteiger partial charge in [-0.15, -0.1) is 0 Å². The van der Waals surface area contributed by atoms with Crippen molar-refractivity contribution in [3.8, 4) is 0 Å². The monoisotopic (exact) mass is 260 g/mol. The van der Waals surface area contributed by atoms with Crippen molar-refractivity contribution in [2.75, 3.05) is 7.11 Å². The molecule has 19 heavy (non-hydrogen) atoms. The van der Waals surface area contributed by atoms with Gasteiger partial charge >= 0.3 is 5.97 Å². The van der Waals surface area contributed by atoms with Gasteiger partial charge in [0.05, 0.1) is 7.11 Å². The predicted octanol–water partition coefficient (Wildman–Crippen LogP) is 3.62. The van der Waals surface area contributed by atoms with Gasteiger partial charge in [-0.2, -0.15) is 0 Å². The number of methoxy groups -OCH3 is 1. The molecule has 0 amide bonds. The number of unbranched alkanes of at least 4 members (excludes halogenated alkanes) is 1. The lowest BCUT2D eigenvalue weighted by Crippen LogP contribution is -2.01. The largest absolute Gasteiger partial charge is 0.497 e. The second-order valence-electron chi connectivity index (χ2n) is 4.03. The van der Waals surface area contributed by atoms with Crippen molar-refractivity contribution in [1.82, 2.24) is 0 Å². The average Bonchev–Trinajstić information content (AvgIpc) is 2.46. The van der Waals surface area contributed by atoms with Crippen LogP contribution < -0.4 is 0 Å². The van der Waals surface area contributed by atoms with Crippen LogP contribution >= 0.6 is 0 Å². The Bertz CT molecular complexity index is 433. The topological polar surface area (TPSA) is 35.5 Å². The van der Waals surface area contributed by atoms with E-state index in [0.717, 1.165) is 18.4 Å². The molecule has 0 saturated heterocycles. The Morgan fingerprint density at radius 1 is 1.21 bits per heavy atom. The fourth-order valence-electron chi connectivity index (χ4n) is 1.43. The first kappa shape index (κ1) is 15.0. The lowest BCUT2D eigenvalue weighted by atomic mass is 10.2. The van der Waals surface area contributed by atoms with Gasteiger partial charge in [0.1, 0.15) is 12.4 Å². The van der Waals surface area contributed by atoms with Crippen LogP contribution in [0.5, 0.6) is 0 Å². The molecule has 0 heterocycles. The summed E-state index contributed by atoms with van der Waals surface area (Å²) in [5.74, 6) is 0.307. The van der Waals surface area contributed by atoms with Crippen LogP contribution in [0.15, 0.2) is 54.3 Å². The highest BCUT2D eigenvalue weighted by Gasteiger charge is 1.99. The number of carbonyl (C=O) groups is 1. The predicted molar refractivity (Wildman–Crippen MR) is 75.4 cm³/mol. The van der Waals surface area contributed by atoms with Gasteiger partial charge in [-0.05, 0) is 24.1 Å². The summed E-state index contributed by atoms with van der Waals surface area (Å²) in [7, 11) is 1.58. The van der Waals surface area contributed by atoms with E-state index in [1.807, 2.05) is 36.4 Å². The van der Waals surface area contributed by atoms with Crippen LogP contribution in [0.25, 0.3) is 0 Å². The first-order valence-electron chi connectivity index (χ1n) is 6.39. The highest BCUT2D eigenvalue weighted by atomic mass is 16.5. The quantitative estimate of drug-likeness (QED) is 0.325. The minimum Gasteiger partial charge on any atom is -0.497 e. The van der Waals surface area contributed by atoms with E-state index in [4.69, 9.17) is 9.47 Å². The van der Waals surface area contributed by atoms with Crippen molar-refractivity contribution in [2.24, 2.45) is 0 Å². The Morgan fingerprint density at radius 3 is 2.58 bits per heavy atom. The molecule has 0 N–H and O–H groups in total. The molecule has 0 saturated carbocycles. The third-order valence-electron chi connectivity index (χ3n) is 2.48. The Labute approximate surface area is 114 Å². The number of benzene rings is 1. The highest BCUT2D eigenvalue weighted by Crippen LogP contribution is 2.04. The van der Waals surface area contributed by atoms with Crippen LogP contribution in [-0.2, 0) is 20.9 Å². The van der Waals surface area contributed by atoms with Crippen LogP contribution in [0.1, 0.15) is 25.3 Å². The van der Waals surface area contributed by atoms with Crippen molar-refractivity contribution >= 4 is 5.97 Å². The van der Waals surface area contributed by atoms with Gasteiger partial charge in [0.25, 0.3) is 0 Å². The SMILES string of the molecule is CCC/C=C(/C=C\C(=O)OCc1ccccc1)OC. The van der Waals surface area contributed by atoms with Crippen molar-refractivity contribution in [3.05, 3.63) is 59.9 Å². The lowest BCUT2D eigenvalue weighted by Gasteiger charge is -2.02. The van der Waals surface area contributed by atoms with Gasteiger partial charge in [-0.3, -0.25) is 0 Å². The molecule has 102 valence electrons. The smallest absolute Gasteiger partial charge is 0.331 e. The molecule has 0 radical (unpaired) electrons. The zero-order valence-corrected chi connectivity index (χ0v) is 11.5. The second kappa shape index (κ2) is 8.97. The van der Waals surface area contributed by atoms with Gasteiger partial charge < -0.3 is 9.47 Å². The molecule has 0 spiro atoms. The third-order valence-corrected chi connectivity index (χ3v) is 2.48. The number of allylic oxidation sites excluding steroid dienone is 2. The molecular formula is C16H20O3. The Balaban J connectivity index is 2.42. The maximum Gasteiger partial charge on any atom is 0.331 e. The van der Waals surface area contributed by atoms with Crippen molar-refractivity contribution in [2.45, 2.75) is 26.4 Å². The average molecular weight is 260 g/mol. The number of ether oxygens (including phenoxy) is 2. The molecule has 3 heteroatoms. The molecule has 0 aliphatic heterocycles. The van der Waals surface area contributed by atoms with E-state index in [1.165, 1.54) is 6.08 Å². The summed E-state index contributed by atoms with van der Waals surface area (Å²) in [5, 5.41) is 0. The summed E-state index contributed by atoms with van der Waals surface area (Å²) in [6.45, 7) is 2.37. The molecule has 0 unspecified atom stereocenters. The number of carbonyl (C=O) groups excluding carboxylic acids is 1. The van der Waals surface area contributed by atoms with Crippen molar-refractivity contribution < 1.29 is 14.3 Å². The summed E-state index contributed by atoms with van der Waals surface area (Å²) >= 11 is 0. The van der Waals surface area contributed by atoms with E-state index in [-0.39, 0.29) is 12.6 Å². The van der Waals surface area contributed by atoms with E-state index in [2.05, 4.69) is 6.92 Å². The number of esters is 1. The molecule has 1 aromatic rings. The molecular weight excluding hydrogens is 240 g/mol. The molecule has 0 aliphatic rings. The van der Waals surface area contributed by atoms with E-state index in [9.17, 15) is 4.79 Å². The molecule has 0 atom stereocenters. The molecule has 0 fully saturated rings. The summed E-state index contributed by atoms with van der Waals surface area (Å²) in [4.78, 5) is 11.5. The Hall–Kier alpha value is -2.03. The highest BCUT2D eigenvalue weighted by molar-refractivity contribution is 5.82. The van der Waals surface area contributed by atoms with E-state index >= 15 is 0 Å². The first-order chi connectivity index (χ1) is 9.26. The fourth-order valence-corrected chi connectivity index (χ4v) is 1.43. The molecule has 0 aliphatic carbocycles. The number of hydrogen-bond acceptors (Lipinski definition) is 3. The van der Waals surface area contributed by atoms with Gasteiger partial charge in [-0.25, -0.2) is 4.79 Å². The van der Waals surface area contributed by atoms with E-state index < -0.39 is 0 Å².